The van der Waals surface area contributed by atoms with Gasteiger partial charge in [-0.05, 0) is 24.1 Å². The van der Waals surface area contributed by atoms with Gasteiger partial charge in [0, 0.05) is 0 Å². The Morgan fingerprint density at radius 2 is 2.12 bits per heavy atom. The summed E-state index contributed by atoms with van der Waals surface area (Å²) in [6.07, 6.45) is 4.24. The largest absolute Gasteiger partial charge is 0.481 e. The molecule has 1 aromatic rings. The highest BCUT2D eigenvalue weighted by Gasteiger charge is 2.12. The van der Waals surface area contributed by atoms with Crippen molar-refractivity contribution >= 4 is 5.97 Å². The maximum atomic E-state index is 10.3. The normalized spacial score (nSPS) is 13.2. The minimum absolute atomic E-state index is 0.0601. The van der Waals surface area contributed by atoms with E-state index >= 15 is 0 Å². The molecule has 0 radical (unpaired) electrons. The van der Waals surface area contributed by atoms with Crippen molar-refractivity contribution in [3.8, 4) is 11.5 Å². The van der Waals surface area contributed by atoms with Crippen molar-refractivity contribution in [2.75, 3.05) is 6.79 Å². The Morgan fingerprint density at radius 3 is 2.94 bits per heavy atom. The molecule has 1 aliphatic heterocycles. The molecule has 2 rings (SSSR count). The van der Waals surface area contributed by atoms with Crippen LogP contribution in [0, 0.1) is 0 Å². The maximum absolute atomic E-state index is 10.3. The van der Waals surface area contributed by atoms with E-state index in [9.17, 15) is 4.79 Å². The van der Waals surface area contributed by atoms with Gasteiger partial charge in [-0.1, -0.05) is 18.2 Å². The maximum Gasteiger partial charge on any atom is 0.307 e. The topological polar surface area (TPSA) is 55.8 Å². The van der Waals surface area contributed by atoms with Crippen LogP contribution in [0.1, 0.15) is 12.0 Å². The first kappa shape index (κ1) is 10.5. The molecule has 16 heavy (non-hydrogen) atoms. The highest BCUT2D eigenvalue weighted by atomic mass is 16.7. The monoisotopic (exact) mass is 220 g/mol. The van der Waals surface area contributed by atoms with Gasteiger partial charge >= 0.3 is 5.97 Å². The third-order valence-electron chi connectivity index (χ3n) is 2.25. The lowest BCUT2D eigenvalue weighted by atomic mass is 10.1. The number of carbonyl (C=O) groups is 1. The molecule has 84 valence electrons. The fraction of sp³-hybridized carbons (Fsp3) is 0.250. The minimum Gasteiger partial charge on any atom is -0.481 e. The molecule has 1 aliphatic rings. The summed E-state index contributed by atoms with van der Waals surface area (Å²) in [6, 6.07) is 5.72. The lowest BCUT2D eigenvalue weighted by Crippen LogP contribution is -1.92. The highest BCUT2D eigenvalue weighted by Crippen LogP contribution is 2.32. The SMILES string of the molecule is O=C(O)C/C=C/Cc1ccc2c(c1)OCO2. The molecule has 1 aromatic carbocycles. The molecule has 0 saturated carbocycles. The smallest absolute Gasteiger partial charge is 0.307 e. The van der Waals surface area contributed by atoms with Crippen LogP contribution in [0.15, 0.2) is 30.4 Å². The lowest BCUT2D eigenvalue weighted by molar-refractivity contribution is -0.136. The fourth-order valence-electron chi connectivity index (χ4n) is 1.47. The van der Waals surface area contributed by atoms with E-state index in [1.165, 1.54) is 0 Å². The number of fused-ring (bicyclic) bond motifs is 1. The Morgan fingerprint density at radius 1 is 1.31 bits per heavy atom. The van der Waals surface area contributed by atoms with Crippen LogP contribution in [0.2, 0.25) is 0 Å². The van der Waals surface area contributed by atoms with E-state index in [2.05, 4.69) is 0 Å². The number of benzene rings is 1. The van der Waals surface area contributed by atoms with E-state index in [0.29, 0.717) is 6.42 Å². The minimum atomic E-state index is -0.818. The third-order valence-corrected chi connectivity index (χ3v) is 2.25. The van der Waals surface area contributed by atoms with E-state index in [4.69, 9.17) is 14.6 Å². The molecule has 0 amide bonds. The Balaban J connectivity index is 1.95. The Hall–Kier alpha value is -1.97. The van der Waals surface area contributed by atoms with Crippen LogP contribution in [0.4, 0.5) is 0 Å². The number of hydrogen-bond acceptors (Lipinski definition) is 3. The summed E-state index contributed by atoms with van der Waals surface area (Å²) in [7, 11) is 0. The van der Waals surface area contributed by atoms with Crippen molar-refractivity contribution < 1.29 is 19.4 Å². The molecular weight excluding hydrogens is 208 g/mol. The second kappa shape index (κ2) is 4.70. The van der Waals surface area contributed by atoms with Crippen molar-refractivity contribution in [1.29, 1.82) is 0 Å². The van der Waals surface area contributed by atoms with Crippen LogP contribution in [-0.4, -0.2) is 17.9 Å². The summed E-state index contributed by atoms with van der Waals surface area (Å²) in [5, 5.41) is 8.45. The van der Waals surface area contributed by atoms with Crippen LogP contribution >= 0.6 is 0 Å². The second-order valence-corrected chi connectivity index (χ2v) is 3.46. The van der Waals surface area contributed by atoms with E-state index in [1.54, 1.807) is 6.08 Å². The quantitative estimate of drug-likeness (QED) is 0.788. The van der Waals surface area contributed by atoms with Gasteiger partial charge in [0.15, 0.2) is 11.5 Å². The van der Waals surface area contributed by atoms with Crippen molar-refractivity contribution in [3.63, 3.8) is 0 Å². The average molecular weight is 220 g/mol. The van der Waals surface area contributed by atoms with Crippen molar-refractivity contribution in [2.45, 2.75) is 12.8 Å². The van der Waals surface area contributed by atoms with Gasteiger partial charge in [0.2, 0.25) is 6.79 Å². The van der Waals surface area contributed by atoms with Gasteiger partial charge in [0.1, 0.15) is 0 Å². The molecular formula is C12H12O4. The van der Waals surface area contributed by atoms with Crippen molar-refractivity contribution in [1.82, 2.24) is 0 Å². The fourth-order valence-corrected chi connectivity index (χ4v) is 1.47. The van der Waals surface area contributed by atoms with Crippen LogP contribution in [0.3, 0.4) is 0 Å². The summed E-state index contributed by atoms with van der Waals surface area (Å²) in [4.78, 5) is 10.3. The first-order valence-electron chi connectivity index (χ1n) is 5.01. The molecule has 4 heteroatoms. The van der Waals surface area contributed by atoms with Gasteiger partial charge in [-0.3, -0.25) is 4.79 Å². The number of ether oxygens (including phenoxy) is 2. The summed E-state index contributed by atoms with van der Waals surface area (Å²) in [5.74, 6) is 0.698. The van der Waals surface area contributed by atoms with Gasteiger partial charge in [0.05, 0.1) is 6.42 Å². The third kappa shape index (κ3) is 2.53. The standard InChI is InChI=1S/C12H12O4/c13-12(14)4-2-1-3-9-5-6-10-11(7-9)16-8-15-10/h1-2,5-7H,3-4,8H2,(H,13,14)/b2-1+. The van der Waals surface area contributed by atoms with Crippen molar-refractivity contribution in [3.05, 3.63) is 35.9 Å². The number of aliphatic carboxylic acids is 1. The van der Waals surface area contributed by atoms with Crippen LogP contribution in [0.5, 0.6) is 11.5 Å². The number of rotatable bonds is 4. The highest BCUT2D eigenvalue weighted by molar-refractivity contribution is 5.68. The molecule has 4 nitrogen and oxygen atoms in total. The number of carboxylic acids is 1. The van der Waals surface area contributed by atoms with E-state index in [0.717, 1.165) is 17.1 Å². The Bertz CT molecular complexity index is 423. The first-order chi connectivity index (χ1) is 7.75. The van der Waals surface area contributed by atoms with Gasteiger partial charge in [0.25, 0.3) is 0 Å². The zero-order valence-electron chi connectivity index (χ0n) is 8.68. The molecule has 0 fully saturated rings. The molecule has 0 aliphatic carbocycles. The molecule has 0 bridgehead atoms. The summed E-state index contributed by atoms with van der Waals surface area (Å²) < 4.78 is 10.4. The lowest BCUT2D eigenvalue weighted by Gasteiger charge is -1.99. The van der Waals surface area contributed by atoms with Gasteiger partial charge in [-0.2, -0.15) is 0 Å². The summed E-state index contributed by atoms with van der Waals surface area (Å²) >= 11 is 0. The van der Waals surface area contributed by atoms with Crippen molar-refractivity contribution in [2.24, 2.45) is 0 Å². The van der Waals surface area contributed by atoms with Crippen LogP contribution < -0.4 is 9.47 Å². The number of hydrogen-bond donors (Lipinski definition) is 1. The predicted molar refractivity (Wildman–Crippen MR) is 57.7 cm³/mol. The second-order valence-electron chi connectivity index (χ2n) is 3.46. The Labute approximate surface area is 93.1 Å². The van der Waals surface area contributed by atoms with Crippen LogP contribution in [-0.2, 0) is 11.2 Å². The molecule has 0 aromatic heterocycles. The number of carboxylic acid groups (broad SMARTS) is 1. The first-order valence-corrected chi connectivity index (χ1v) is 5.01. The van der Waals surface area contributed by atoms with Gasteiger partial charge in [-0.25, -0.2) is 0 Å². The summed E-state index contributed by atoms with van der Waals surface area (Å²) in [6.45, 7) is 0.271. The Kier molecular flexibility index (Phi) is 3.10. The zero-order chi connectivity index (χ0) is 11.4. The van der Waals surface area contributed by atoms with E-state index in [1.807, 2.05) is 24.3 Å². The molecule has 1 heterocycles. The van der Waals surface area contributed by atoms with Gasteiger partial charge in [-0.15, -0.1) is 0 Å². The molecule has 1 N–H and O–H groups in total. The number of allylic oxidation sites excluding steroid dienone is 1. The zero-order valence-corrected chi connectivity index (χ0v) is 8.68. The van der Waals surface area contributed by atoms with Crippen LogP contribution in [0.25, 0.3) is 0 Å². The summed E-state index contributed by atoms with van der Waals surface area (Å²) in [5.41, 5.74) is 1.07. The van der Waals surface area contributed by atoms with E-state index in [-0.39, 0.29) is 13.2 Å². The van der Waals surface area contributed by atoms with E-state index < -0.39 is 5.97 Å². The average Bonchev–Trinajstić information content (AvgIpc) is 2.71. The van der Waals surface area contributed by atoms with Gasteiger partial charge < -0.3 is 14.6 Å². The molecule has 0 unspecified atom stereocenters. The molecule has 0 atom stereocenters. The molecule has 0 saturated heterocycles. The molecule has 0 spiro atoms. The predicted octanol–water partition coefficient (Wildman–Crippen LogP) is 1.99.